The van der Waals surface area contributed by atoms with Crippen molar-refractivity contribution in [1.82, 2.24) is 0 Å². The maximum absolute atomic E-state index is 11.2. The predicted molar refractivity (Wildman–Crippen MR) is 74.4 cm³/mol. The number of carbonyl (C=O) groups is 1. The van der Waals surface area contributed by atoms with Gasteiger partial charge >= 0.3 is 5.97 Å². The van der Waals surface area contributed by atoms with E-state index in [1.54, 1.807) is 7.11 Å². The van der Waals surface area contributed by atoms with E-state index in [1.807, 2.05) is 18.7 Å². The molecular formula is C13H18N2O5. The van der Waals surface area contributed by atoms with Gasteiger partial charge in [0.1, 0.15) is 5.69 Å². The average Bonchev–Trinajstić information content (AvgIpc) is 2.39. The molecule has 1 aromatic rings. The second kappa shape index (κ2) is 6.85. The molecule has 0 radical (unpaired) electrons. The van der Waals surface area contributed by atoms with Crippen LogP contribution >= 0.6 is 0 Å². The Kier molecular flexibility index (Phi) is 5.45. The fourth-order valence-electron chi connectivity index (χ4n) is 2.10. The Morgan fingerprint density at radius 3 is 2.65 bits per heavy atom. The van der Waals surface area contributed by atoms with Gasteiger partial charge in [0.2, 0.25) is 0 Å². The second-order valence-corrected chi connectivity index (χ2v) is 4.36. The quantitative estimate of drug-likeness (QED) is 0.608. The van der Waals surface area contributed by atoms with Crippen molar-refractivity contribution >= 4 is 17.3 Å². The van der Waals surface area contributed by atoms with E-state index in [4.69, 9.17) is 9.84 Å². The Balaban J connectivity index is 3.27. The van der Waals surface area contributed by atoms with E-state index in [-0.39, 0.29) is 17.3 Å². The number of likely N-dealkylation sites (N-methyl/N-ethyl adjacent to an activating group) is 1. The SMILES string of the molecule is CCN(c1ccc(C(=O)O)cc1[N+](=O)[O-])C(C)COC. The summed E-state index contributed by atoms with van der Waals surface area (Å²) in [6.45, 7) is 4.74. The molecule has 0 fully saturated rings. The third-order valence-corrected chi connectivity index (χ3v) is 3.01. The fraction of sp³-hybridized carbons (Fsp3) is 0.462. The topological polar surface area (TPSA) is 92.9 Å². The molecule has 7 heteroatoms. The summed E-state index contributed by atoms with van der Waals surface area (Å²) in [5, 5.41) is 20.1. The molecule has 1 aromatic carbocycles. The van der Waals surface area contributed by atoms with E-state index in [0.717, 1.165) is 6.07 Å². The molecule has 0 aliphatic carbocycles. The highest BCUT2D eigenvalue weighted by atomic mass is 16.6. The molecule has 0 aliphatic heterocycles. The summed E-state index contributed by atoms with van der Waals surface area (Å²) in [6, 6.07) is 3.86. The molecule has 0 saturated carbocycles. The third-order valence-electron chi connectivity index (χ3n) is 3.01. The van der Waals surface area contributed by atoms with Crippen LogP contribution in [0.2, 0.25) is 0 Å². The number of benzene rings is 1. The van der Waals surface area contributed by atoms with Gasteiger partial charge in [-0.05, 0) is 26.0 Å². The Bertz CT molecular complexity index is 504. The standard InChI is InChI=1S/C13H18N2O5/c1-4-14(9(2)8-20-3)11-6-5-10(13(16)17)7-12(11)15(18)19/h5-7,9H,4,8H2,1-3H3,(H,16,17). The lowest BCUT2D eigenvalue weighted by Gasteiger charge is -2.29. The van der Waals surface area contributed by atoms with Gasteiger partial charge < -0.3 is 14.7 Å². The monoisotopic (exact) mass is 282 g/mol. The molecule has 0 aliphatic rings. The molecule has 1 rings (SSSR count). The van der Waals surface area contributed by atoms with Crippen LogP contribution in [0.25, 0.3) is 0 Å². The van der Waals surface area contributed by atoms with Gasteiger partial charge in [-0.2, -0.15) is 0 Å². The van der Waals surface area contributed by atoms with Gasteiger partial charge in [-0.15, -0.1) is 0 Å². The molecule has 7 nitrogen and oxygen atoms in total. The summed E-state index contributed by atoms with van der Waals surface area (Å²) in [5.74, 6) is -1.19. The van der Waals surface area contributed by atoms with Crippen LogP contribution in [0.3, 0.4) is 0 Å². The Hall–Kier alpha value is -2.15. The van der Waals surface area contributed by atoms with Crippen molar-refractivity contribution in [3.63, 3.8) is 0 Å². The Labute approximate surface area is 116 Å². The molecular weight excluding hydrogens is 264 g/mol. The predicted octanol–water partition coefficient (Wildman–Crippen LogP) is 2.15. The maximum Gasteiger partial charge on any atom is 0.335 e. The van der Waals surface area contributed by atoms with Crippen LogP contribution in [0, 0.1) is 10.1 Å². The number of hydrogen-bond donors (Lipinski definition) is 1. The minimum atomic E-state index is -1.19. The zero-order chi connectivity index (χ0) is 15.3. The number of anilines is 1. The van der Waals surface area contributed by atoms with Crippen molar-refractivity contribution in [2.45, 2.75) is 19.9 Å². The molecule has 0 amide bonds. The highest BCUT2D eigenvalue weighted by Gasteiger charge is 2.23. The van der Waals surface area contributed by atoms with Crippen LogP contribution in [0.1, 0.15) is 24.2 Å². The van der Waals surface area contributed by atoms with E-state index in [2.05, 4.69) is 0 Å². The first kappa shape index (κ1) is 15.9. The van der Waals surface area contributed by atoms with Crippen molar-refractivity contribution in [2.24, 2.45) is 0 Å². The van der Waals surface area contributed by atoms with Crippen LogP contribution in [0.5, 0.6) is 0 Å². The van der Waals surface area contributed by atoms with Crippen LogP contribution in [-0.4, -0.2) is 42.3 Å². The van der Waals surface area contributed by atoms with E-state index >= 15 is 0 Å². The van der Waals surface area contributed by atoms with Crippen LogP contribution in [-0.2, 0) is 4.74 Å². The third kappa shape index (κ3) is 3.45. The molecule has 1 N–H and O–H groups in total. The second-order valence-electron chi connectivity index (χ2n) is 4.36. The van der Waals surface area contributed by atoms with Gasteiger partial charge in [0.25, 0.3) is 5.69 Å². The van der Waals surface area contributed by atoms with Crippen molar-refractivity contribution in [1.29, 1.82) is 0 Å². The highest BCUT2D eigenvalue weighted by molar-refractivity contribution is 5.89. The zero-order valence-electron chi connectivity index (χ0n) is 11.7. The molecule has 1 unspecified atom stereocenters. The lowest BCUT2D eigenvalue weighted by Crippen LogP contribution is -2.36. The largest absolute Gasteiger partial charge is 0.478 e. The highest BCUT2D eigenvalue weighted by Crippen LogP contribution is 2.30. The molecule has 0 bridgehead atoms. The molecule has 20 heavy (non-hydrogen) atoms. The number of nitro benzene ring substituents is 1. The minimum absolute atomic E-state index is 0.0561. The molecule has 0 spiro atoms. The lowest BCUT2D eigenvalue weighted by atomic mass is 10.1. The normalized spacial score (nSPS) is 11.9. The lowest BCUT2D eigenvalue weighted by molar-refractivity contribution is -0.384. The fourth-order valence-corrected chi connectivity index (χ4v) is 2.10. The average molecular weight is 282 g/mol. The van der Waals surface area contributed by atoms with E-state index < -0.39 is 10.9 Å². The number of rotatable bonds is 7. The van der Waals surface area contributed by atoms with E-state index in [9.17, 15) is 14.9 Å². The van der Waals surface area contributed by atoms with E-state index in [0.29, 0.717) is 18.8 Å². The number of ether oxygens (including phenoxy) is 1. The van der Waals surface area contributed by atoms with E-state index in [1.165, 1.54) is 12.1 Å². The van der Waals surface area contributed by atoms with Gasteiger partial charge in [-0.3, -0.25) is 10.1 Å². The summed E-state index contributed by atoms with van der Waals surface area (Å²) < 4.78 is 5.06. The number of methoxy groups -OCH3 is 1. The van der Waals surface area contributed by atoms with Crippen LogP contribution in [0.4, 0.5) is 11.4 Å². The number of aromatic carboxylic acids is 1. The van der Waals surface area contributed by atoms with Gasteiger partial charge in [0.05, 0.1) is 17.1 Å². The first-order valence-corrected chi connectivity index (χ1v) is 6.19. The summed E-state index contributed by atoms with van der Waals surface area (Å²) >= 11 is 0. The molecule has 1 atom stereocenters. The summed E-state index contributed by atoms with van der Waals surface area (Å²) in [5.41, 5.74) is 0.0812. The number of hydrogen-bond acceptors (Lipinski definition) is 5. The van der Waals surface area contributed by atoms with Gasteiger partial charge in [-0.1, -0.05) is 0 Å². The zero-order valence-corrected chi connectivity index (χ0v) is 11.7. The minimum Gasteiger partial charge on any atom is -0.478 e. The number of nitro groups is 1. The summed E-state index contributed by atoms with van der Waals surface area (Å²) in [6.07, 6.45) is 0. The summed E-state index contributed by atoms with van der Waals surface area (Å²) in [4.78, 5) is 23.3. The Morgan fingerprint density at radius 2 is 2.20 bits per heavy atom. The van der Waals surface area contributed by atoms with Crippen LogP contribution in [0.15, 0.2) is 18.2 Å². The number of nitrogens with zero attached hydrogens (tertiary/aromatic N) is 2. The number of carboxylic acids is 1. The van der Waals surface area contributed by atoms with Gasteiger partial charge in [0.15, 0.2) is 0 Å². The maximum atomic E-state index is 11.2. The van der Waals surface area contributed by atoms with Crippen molar-refractivity contribution in [2.75, 3.05) is 25.2 Å². The van der Waals surface area contributed by atoms with Crippen molar-refractivity contribution in [3.8, 4) is 0 Å². The van der Waals surface area contributed by atoms with Crippen LogP contribution < -0.4 is 4.90 Å². The molecule has 110 valence electrons. The molecule has 0 saturated heterocycles. The first-order chi connectivity index (χ1) is 9.42. The molecule has 0 heterocycles. The van der Waals surface area contributed by atoms with Gasteiger partial charge in [-0.25, -0.2) is 4.79 Å². The Morgan fingerprint density at radius 1 is 1.55 bits per heavy atom. The van der Waals surface area contributed by atoms with Crippen molar-refractivity contribution < 1.29 is 19.6 Å². The van der Waals surface area contributed by atoms with Crippen molar-refractivity contribution in [3.05, 3.63) is 33.9 Å². The van der Waals surface area contributed by atoms with Gasteiger partial charge in [0, 0.05) is 25.8 Å². The molecule has 0 aromatic heterocycles. The first-order valence-electron chi connectivity index (χ1n) is 6.19. The summed E-state index contributed by atoms with van der Waals surface area (Å²) in [7, 11) is 1.56. The number of carboxylic acid groups (broad SMARTS) is 1. The smallest absolute Gasteiger partial charge is 0.335 e.